The summed E-state index contributed by atoms with van der Waals surface area (Å²) in [6.45, 7) is 0. The fourth-order valence-corrected chi connectivity index (χ4v) is 8.12. The Bertz CT molecular complexity index is 87.5. The summed E-state index contributed by atoms with van der Waals surface area (Å²) in [5, 5.41) is 0. The maximum atomic E-state index is 2.60. The molecule has 3 saturated carbocycles. The van der Waals surface area contributed by atoms with Crippen molar-refractivity contribution < 1.29 is 0 Å². The van der Waals surface area contributed by atoms with Crippen LogP contribution in [0.3, 0.4) is 0 Å². The first-order chi connectivity index (χ1) is 3.12. The topological polar surface area (TPSA) is 0 Å². The number of alkyl halides is 2. The standard InChI is InChI=1S/C5H6I2/c6-4-1-5(7,2-4)3-4/h1-3H2. The lowest BCUT2D eigenvalue weighted by atomic mass is 9.56. The second kappa shape index (κ2) is 1.15. The van der Waals surface area contributed by atoms with Gasteiger partial charge in [-0.3, -0.25) is 0 Å². The van der Waals surface area contributed by atoms with Gasteiger partial charge in [-0.1, -0.05) is 45.2 Å². The van der Waals surface area contributed by atoms with Gasteiger partial charge in [0.25, 0.3) is 0 Å². The summed E-state index contributed by atoms with van der Waals surface area (Å²) < 4.78 is 1.58. The van der Waals surface area contributed by atoms with E-state index < -0.39 is 0 Å². The van der Waals surface area contributed by atoms with Crippen molar-refractivity contribution in [3.63, 3.8) is 0 Å². The highest BCUT2D eigenvalue weighted by Crippen LogP contribution is 2.70. The molecule has 0 unspecified atom stereocenters. The van der Waals surface area contributed by atoms with Gasteiger partial charge in [0.1, 0.15) is 0 Å². The number of hydrogen-bond acceptors (Lipinski definition) is 0. The Hall–Kier alpha value is 1.46. The lowest BCUT2D eigenvalue weighted by molar-refractivity contribution is 0.132. The van der Waals surface area contributed by atoms with Gasteiger partial charge in [-0.05, 0) is 19.3 Å². The van der Waals surface area contributed by atoms with E-state index >= 15 is 0 Å². The van der Waals surface area contributed by atoms with Crippen molar-refractivity contribution in [2.45, 2.75) is 26.1 Å². The number of halogens is 2. The summed E-state index contributed by atoms with van der Waals surface area (Å²) in [6.07, 6.45) is 4.46. The van der Waals surface area contributed by atoms with Gasteiger partial charge in [0.05, 0.1) is 0 Å². The van der Waals surface area contributed by atoms with Gasteiger partial charge in [0.15, 0.2) is 0 Å². The quantitative estimate of drug-likeness (QED) is 0.475. The first-order valence-electron chi connectivity index (χ1n) is 2.50. The van der Waals surface area contributed by atoms with E-state index in [0.29, 0.717) is 0 Å². The minimum absolute atomic E-state index is 0.791. The average Bonchev–Trinajstić information content (AvgIpc) is 1.27. The molecule has 0 radical (unpaired) electrons. The van der Waals surface area contributed by atoms with Crippen LogP contribution in [0, 0.1) is 0 Å². The van der Waals surface area contributed by atoms with Crippen LogP contribution in [-0.2, 0) is 0 Å². The van der Waals surface area contributed by atoms with Crippen LogP contribution >= 0.6 is 45.2 Å². The average molecular weight is 320 g/mol. The van der Waals surface area contributed by atoms with Crippen molar-refractivity contribution in [2.24, 2.45) is 0 Å². The van der Waals surface area contributed by atoms with E-state index in [1.54, 1.807) is 0 Å². The predicted molar refractivity (Wildman–Crippen MR) is 47.4 cm³/mol. The molecule has 0 amide bonds. The molecule has 2 bridgehead atoms. The Morgan fingerprint density at radius 3 is 1.14 bits per heavy atom. The van der Waals surface area contributed by atoms with Gasteiger partial charge in [-0.2, -0.15) is 0 Å². The van der Waals surface area contributed by atoms with Gasteiger partial charge in [0, 0.05) is 6.84 Å². The molecule has 0 aromatic rings. The third-order valence-electron chi connectivity index (χ3n) is 1.90. The molecule has 0 spiro atoms. The Morgan fingerprint density at radius 1 is 0.857 bits per heavy atom. The maximum absolute atomic E-state index is 2.60. The molecule has 0 aromatic carbocycles. The van der Waals surface area contributed by atoms with Crippen LogP contribution < -0.4 is 0 Å². The predicted octanol–water partition coefficient (Wildman–Crippen LogP) is 2.53. The van der Waals surface area contributed by atoms with E-state index in [2.05, 4.69) is 45.2 Å². The minimum Gasteiger partial charge on any atom is -0.0787 e. The zero-order valence-electron chi connectivity index (χ0n) is 3.88. The highest BCUT2D eigenvalue weighted by Gasteiger charge is 2.65. The van der Waals surface area contributed by atoms with E-state index in [4.69, 9.17) is 0 Å². The molecule has 0 N–H and O–H groups in total. The van der Waals surface area contributed by atoms with E-state index in [1.807, 2.05) is 0 Å². The van der Waals surface area contributed by atoms with Crippen molar-refractivity contribution >= 4 is 45.2 Å². The van der Waals surface area contributed by atoms with Crippen LogP contribution in [0.2, 0.25) is 0 Å². The Morgan fingerprint density at radius 2 is 1.14 bits per heavy atom. The highest BCUT2D eigenvalue weighted by molar-refractivity contribution is 14.1. The lowest BCUT2D eigenvalue weighted by Crippen LogP contribution is -2.64. The Labute approximate surface area is 70.7 Å². The first kappa shape index (κ1) is 5.26. The zero-order valence-corrected chi connectivity index (χ0v) is 8.19. The summed E-state index contributed by atoms with van der Waals surface area (Å²) in [7, 11) is 0. The molecule has 0 atom stereocenters. The van der Waals surface area contributed by atoms with E-state index in [0.717, 1.165) is 6.84 Å². The smallest absolute Gasteiger partial charge is 0.0260 e. The molecular weight excluding hydrogens is 314 g/mol. The summed E-state index contributed by atoms with van der Waals surface area (Å²) >= 11 is 5.20. The molecule has 0 aliphatic heterocycles. The van der Waals surface area contributed by atoms with Crippen LogP contribution in [0.1, 0.15) is 19.3 Å². The first-order valence-corrected chi connectivity index (χ1v) is 4.66. The van der Waals surface area contributed by atoms with Crippen molar-refractivity contribution in [1.29, 1.82) is 0 Å². The summed E-state index contributed by atoms with van der Waals surface area (Å²) in [4.78, 5) is 0. The SMILES string of the molecule is IC12CC(I)(C1)C2. The van der Waals surface area contributed by atoms with Crippen molar-refractivity contribution in [3.05, 3.63) is 0 Å². The largest absolute Gasteiger partial charge is 0.0787 e. The van der Waals surface area contributed by atoms with Crippen LogP contribution in [0.15, 0.2) is 0 Å². The molecule has 0 saturated heterocycles. The second-order valence-corrected chi connectivity index (χ2v) is 7.41. The molecule has 40 valence electrons. The van der Waals surface area contributed by atoms with Crippen LogP contribution in [0.5, 0.6) is 0 Å². The summed E-state index contributed by atoms with van der Waals surface area (Å²) in [5.41, 5.74) is 0. The fraction of sp³-hybridized carbons (Fsp3) is 1.00. The van der Waals surface area contributed by atoms with Crippen LogP contribution in [0.25, 0.3) is 0 Å². The Kier molecular flexibility index (Phi) is 0.864. The molecule has 3 aliphatic rings. The van der Waals surface area contributed by atoms with Gasteiger partial charge >= 0.3 is 0 Å². The maximum Gasteiger partial charge on any atom is 0.0260 e. The molecule has 3 fully saturated rings. The summed E-state index contributed by atoms with van der Waals surface area (Å²) in [5.74, 6) is 0. The monoisotopic (exact) mass is 320 g/mol. The van der Waals surface area contributed by atoms with Gasteiger partial charge in [-0.15, -0.1) is 0 Å². The fourth-order valence-electron chi connectivity index (χ4n) is 1.55. The summed E-state index contributed by atoms with van der Waals surface area (Å²) in [6, 6.07) is 0. The third-order valence-corrected chi connectivity index (χ3v) is 4.19. The van der Waals surface area contributed by atoms with Crippen molar-refractivity contribution in [3.8, 4) is 0 Å². The lowest BCUT2D eigenvalue weighted by Gasteiger charge is -2.65. The van der Waals surface area contributed by atoms with Gasteiger partial charge < -0.3 is 0 Å². The molecule has 0 aromatic heterocycles. The Balaban J connectivity index is 2.16. The minimum atomic E-state index is 0.791. The van der Waals surface area contributed by atoms with Gasteiger partial charge in [-0.25, -0.2) is 0 Å². The number of hydrogen-bond donors (Lipinski definition) is 0. The highest BCUT2D eigenvalue weighted by atomic mass is 127. The molecule has 3 aliphatic carbocycles. The zero-order chi connectivity index (χ0) is 5.12. The molecule has 2 heteroatoms. The third kappa shape index (κ3) is 0.587. The molecular formula is C5H6I2. The van der Waals surface area contributed by atoms with E-state index in [-0.39, 0.29) is 0 Å². The molecule has 0 heterocycles. The van der Waals surface area contributed by atoms with E-state index in [1.165, 1.54) is 19.3 Å². The molecule has 0 nitrogen and oxygen atoms in total. The normalized spacial score (nSPS) is 66.0. The van der Waals surface area contributed by atoms with Crippen LogP contribution in [0.4, 0.5) is 0 Å². The van der Waals surface area contributed by atoms with E-state index in [9.17, 15) is 0 Å². The molecule has 3 rings (SSSR count). The molecule has 7 heavy (non-hydrogen) atoms. The second-order valence-electron chi connectivity index (χ2n) is 2.83. The van der Waals surface area contributed by atoms with Crippen molar-refractivity contribution in [2.75, 3.05) is 0 Å². The van der Waals surface area contributed by atoms with Gasteiger partial charge in [0.2, 0.25) is 0 Å². The van der Waals surface area contributed by atoms with Crippen LogP contribution in [-0.4, -0.2) is 6.84 Å². The number of rotatable bonds is 0. The van der Waals surface area contributed by atoms with Crippen molar-refractivity contribution in [1.82, 2.24) is 0 Å².